The number of hydrogen-bond acceptors (Lipinski definition) is 5. The number of aromatic nitrogens is 1. The van der Waals surface area contributed by atoms with Crippen molar-refractivity contribution in [1.29, 1.82) is 0 Å². The number of hydrogen-bond donors (Lipinski definition) is 2. The fourth-order valence-corrected chi connectivity index (χ4v) is 2.60. The number of carbonyl (C=O) groups is 1. The molecule has 1 heterocycles. The van der Waals surface area contributed by atoms with Gasteiger partial charge in [-0.1, -0.05) is 40.6 Å². The Morgan fingerprint density at radius 3 is 2.70 bits per heavy atom. The van der Waals surface area contributed by atoms with Gasteiger partial charge in [-0.3, -0.25) is 4.79 Å². The maximum Gasteiger partial charge on any atom is 0.269 e. The lowest BCUT2D eigenvalue weighted by Crippen LogP contribution is -2.12. The van der Waals surface area contributed by atoms with Crippen molar-refractivity contribution >= 4 is 57.1 Å². The lowest BCUT2D eigenvalue weighted by atomic mass is 10.3. The van der Waals surface area contributed by atoms with E-state index in [2.05, 4.69) is 10.3 Å². The Labute approximate surface area is 130 Å². The fraction of sp³-hybridized carbons (Fsp3) is 0.167. The summed E-state index contributed by atoms with van der Waals surface area (Å²) in [4.78, 5) is 18.4. The van der Waals surface area contributed by atoms with Gasteiger partial charge in [0.1, 0.15) is 10.7 Å². The van der Waals surface area contributed by atoms with Crippen LogP contribution in [0.15, 0.2) is 18.2 Å². The smallest absolute Gasteiger partial charge is 0.269 e. The molecule has 0 spiro atoms. The maximum atomic E-state index is 12.2. The first-order valence-electron chi connectivity index (χ1n) is 5.59. The Hall–Kier alpha value is -1.50. The van der Waals surface area contributed by atoms with Crippen LogP contribution in [0.5, 0.6) is 0 Å². The third-order valence-corrected chi connectivity index (χ3v) is 4.49. The number of nitrogens with one attached hydrogen (secondary N) is 1. The minimum Gasteiger partial charge on any atom is -0.382 e. The average molecular weight is 331 g/mol. The summed E-state index contributed by atoms with van der Waals surface area (Å²) in [5.74, 6) is -0.174. The standard InChI is InChI=1S/C12H12Cl2N4OS/c1-18(2)12-17-10(15)9(20-12)11(19)16-7-5-3-4-6(13)8(7)14/h3-5H,15H2,1-2H3,(H,16,19). The van der Waals surface area contributed by atoms with E-state index in [0.29, 0.717) is 25.7 Å². The molecule has 1 aromatic heterocycles. The summed E-state index contributed by atoms with van der Waals surface area (Å²) in [6.45, 7) is 0. The van der Waals surface area contributed by atoms with Crippen molar-refractivity contribution in [1.82, 2.24) is 4.98 Å². The van der Waals surface area contributed by atoms with Gasteiger partial charge < -0.3 is 16.0 Å². The number of nitrogens with zero attached hydrogens (tertiary/aromatic N) is 2. The van der Waals surface area contributed by atoms with E-state index in [4.69, 9.17) is 28.9 Å². The Balaban J connectivity index is 2.26. The first kappa shape index (κ1) is 14.9. The van der Waals surface area contributed by atoms with Gasteiger partial charge in [0.15, 0.2) is 5.13 Å². The van der Waals surface area contributed by atoms with Gasteiger partial charge in [-0.25, -0.2) is 4.98 Å². The quantitative estimate of drug-likeness (QED) is 0.905. The Kier molecular flexibility index (Phi) is 4.37. The van der Waals surface area contributed by atoms with Crippen LogP contribution in [0.1, 0.15) is 9.67 Å². The number of thiazole rings is 1. The molecule has 3 N–H and O–H groups in total. The van der Waals surface area contributed by atoms with Crippen LogP contribution in [0.25, 0.3) is 0 Å². The molecule has 0 aliphatic carbocycles. The van der Waals surface area contributed by atoms with Gasteiger partial charge in [-0.15, -0.1) is 0 Å². The monoisotopic (exact) mass is 330 g/mol. The van der Waals surface area contributed by atoms with Crippen LogP contribution in [0.4, 0.5) is 16.6 Å². The second kappa shape index (κ2) is 5.87. The van der Waals surface area contributed by atoms with Gasteiger partial charge in [-0.2, -0.15) is 0 Å². The van der Waals surface area contributed by atoms with E-state index in [0.717, 1.165) is 0 Å². The molecule has 1 amide bonds. The lowest BCUT2D eigenvalue weighted by molar-refractivity contribution is 0.103. The van der Waals surface area contributed by atoms with Crippen molar-refractivity contribution in [3.05, 3.63) is 33.1 Å². The fourth-order valence-electron chi connectivity index (χ4n) is 1.45. The molecule has 2 aromatic rings. The molecule has 5 nitrogen and oxygen atoms in total. The number of rotatable bonds is 3. The first-order valence-corrected chi connectivity index (χ1v) is 7.16. The topological polar surface area (TPSA) is 71.2 Å². The highest BCUT2D eigenvalue weighted by atomic mass is 35.5. The molecule has 0 fully saturated rings. The summed E-state index contributed by atoms with van der Waals surface area (Å²) in [6, 6.07) is 5.01. The lowest BCUT2D eigenvalue weighted by Gasteiger charge is -2.07. The van der Waals surface area contributed by atoms with E-state index in [1.807, 2.05) is 14.1 Å². The normalized spacial score (nSPS) is 10.4. The predicted molar refractivity (Wildman–Crippen MR) is 85.3 cm³/mol. The summed E-state index contributed by atoms with van der Waals surface area (Å²) in [5.41, 5.74) is 6.19. The van der Waals surface area contributed by atoms with Gasteiger partial charge in [0.25, 0.3) is 5.91 Å². The molecule has 0 radical (unpaired) electrons. The summed E-state index contributed by atoms with van der Waals surface area (Å²) < 4.78 is 0. The molecule has 0 unspecified atom stereocenters. The summed E-state index contributed by atoms with van der Waals surface area (Å²) >= 11 is 13.1. The van der Waals surface area contributed by atoms with E-state index < -0.39 is 0 Å². The molecule has 1 aromatic carbocycles. The molecule has 0 bridgehead atoms. The summed E-state index contributed by atoms with van der Waals surface area (Å²) in [7, 11) is 3.65. The minimum atomic E-state index is -0.364. The molecule has 2 rings (SSSR count). The van der Waals surface area contributed by atoms with Crippen LogP contribution in [-0.4, -0.2) is 25.0 Å². The Morgan fingerprint density at radius 1 is 1.40 bits per heavy atom. The van der Waals surface area contributed by atoms with Crippen LogP contribution in [-0.2, 0) is 0 Å². The van der Waals surface area contributed by atoms with E-state index in [1.54, 1.807) is 23.1 Å². The second-order valence-corrected chi connectivity index (χ2v) is 5.92. The molecule has 106 valence electrons. The number of halogens is 2. The molecule has 0 saturated heterocycles. The van der Waals surface area contributed by atoms with Gasteiger partial charge in [0.05, 0.1) is 15.7 Å². The van der Waals surface area contributed by atoms with Gasteiger partial charge in [-0.05, 0) is 12.1 Å². The number of nitrogen functional groups attached to an aromatic ring is 1. The highest BCUT2D eigenvalue weighted by Crippen LogP contribution is 2.32. The Bertz CT molecular complexity index is 657. The molecular formula is C12H12Cl2N4OS. The zero-order chi connectivity index (χ0) is 14.9. The second-order valence-electron chi connectivity index (χ2n) is 4.16. The van der Waals surface area contributed by atoms with E-state index in [-0.39, 0.29) is 11.7 Å². The molecule has 20 heavy (non-hydrogen) atoms. The number of nitrogens with two attached hydrogens (primary N) is 1. The van der Waals surface area contributed by atoms with Crippen molar-refractivity contribution in [2.45, 2.75) is 0 Å². The highest BCUT2D eigenvalue weighted by Gasteiger charge is 2.18. The van der Waals surface area contributed by atoms with Crippen LogP contribution in [0, 0.1) is 0 Å². The van der Waals surface area contributed by atoms with Crippen LogP contribution >= 0.6 is 34.5 Å². The average Bonchev–Trinajstić information content (AvgIpc) is 2.77. The molecule has 0 saturated carbocycles. The van der Waals surface area contributed by atoms with Crippen LogP contribution < -0.4 is 16.0 Å². The zero-order valence-electron chi connectivity index (χ0n) is 10.8. The molecule has 0 atom stereocenters. The van der Waals surface area contributed by atoms with Gasteiger partial charge in [0.2, 0.25) is 0 Å². The first-order chi connectivity index (χ1) is 9.40. The number of anilines is 3. The van der Waals surface area contributed by atoms with Crippen molar-refractivity contribution in [2.75, 3.05) is 30.0 Å². The van der Waals surface area contributed by atoms with Crippen LogP contribution in [0.3, 0.4) is 0 Å². The maximum absolute atomic E-state index is 12.2. The zero-order valence-corrected chi connectivity index (χ0v) is 13.1. The summed E-state index contributed by atoms with van der Waals surface area (Å²) in [5, 5.41) is 4.00. The number of carbonyl (C=O) groups excluding carboxylic acids is 1. The van der Waals surface area contributed by atoms with Crippen LogP contribution in [0.2, 0.25) is 10.0 Å². The largest absolute Gasteiger partial charge is 0.382 e. The van der Waals surface area contributed by atoms with E-state index in [1.165, 1.54) is 11.3 Å². The van der Waals surface area contributed by atoms with Crippen molar-refractivity contribution in [2.24, 2.45) is 0 Å². The highest BCUT2D eigenvalue weighted by molar-refractivity contribution is 7.18. The summed E-state index contributed by atoms with van der Waals surface area (Å²) in [6.07, 6.45) is 0. The molecule has 0 aliphatic rings. The minimum absolute atomic E-state index is 0.189. The van der Waals surface area contributed by atoms with E-state index in [9.17, 15) is 4.79 Å². The number of amides is 1. The Morgan fingerprint density at radius 2 is 2.10 bits per heavy atom. The van der Waals surface area contributed by atoms with Crippen molar-refractivity contribution < 1.29 is 4.79 Å². The van der Waals surface area contributed by atoms with Gasteiger partial charge in [0, 0.05) is 14.1 Å². The molecule has 8 heteroatoms. The van der Waals surface area contributed by atoms with E-state index >= 15 is 0 Å². The third kappa shape index (κ3) is 2.98. The predicted octanol–water partition coefficient (Wildman–Crippen LogP) is 3.35. The SMILES string of the molecule is CN(C)c1nc(N)c(C(=O)Nc2cccc(Cl)c2Cl)s1. The van der Waals surface area contributed by atoms with Crippen molar-refractivity contribution in [3.63, 3.8) is 0 Å². The molecular weight excluding hydrogens is 319 g/mol. The molecule has 0 aliphatic heterocycles. The van der Waals surface area contributed by atoms with Gasteiger partial charge >= 0.3 is 0 Å². The van der Waals surface area contributed by atoms with Crippen molar-refractivity contribution in [3.8, 4) is 0 Å². The number of benzene rings is 1. The third-order valence-electron chi connectivity index (χ3n) is 2.43.